The van der Waals surface area contributed by atoms with Crippen molar-refractivity contribution in [3.8, 4) is 51.7 Å². The number of ether oxygens (including phenoxy) is 2. The zero-order valence-electron chi connectivity index (χ0n) is 19.2. The molecule has 0 radical (unpaired) electrons. The first kappa shape index (κ1) is 25.1. The predicted octanol–water partition coefficient (Wildman–Crippen LogP) is 3.10. The lowest BCUT2D eigenvalue weighted by atomic mass is 9.79. The van der Waals surface area contributed by atoms with Crippen LogP contribution < -0.4 is 9.47 Å². The van der Waals surface area contributed by atoms with Gasteiger partial charge in [0.25, 0.3) is 0 Å². The van der Waals surface area contributed by atoms with Gasteiger partial charge >= 0.3 is 11.9 Å². The molecule has 1 aliphatic rings. The lowest BCUT2D eigenvalue weighted by molar-refractivity contribution is -0.134. The average molecular weight is 514 g/mol. The Morgan fingerprint density at radius 3 is 2.08 bits per heavy atom. The van der Waals surface area contributed by atoms with Crippen LogP contribution in [0.25, 0.3) is 0 Å². The topological polar surface area (TPSA) is 214 Å². The molecule has 194 valence electrons. The molecule has 37 heavy (non-hydrogen) atoms. The Hall–Kier alpha value is -5.00. The molecule has 0 bridgehead atoms. The number of hydrogen-bond donors (Lipinski definition) is 8. The van der Waals surface area contributed by atoms with Crippen LogP contribution in [-0.2, 0) is 11.2 Å². The van der Waals surface area contributed by atoms with Crippen LogP contribution in [0.5, 0.6) is 51.7 Å². The third-order valence-corrected chi connectivity index (χ3v) is 6.04. The largest absolute Gasteiger partial charge is 0.507 e. The first-order chi connectivity index (χ1) is 17.4. The highest BCUT2D eigenvalue weighted by Crippen LogP contribution is 2.54. The van der Waals surface area contributed by atoms with Crippen molar-refractivity contribution in [2.75, 3.05) is 0 Å². The highest BCUT2D eigenvalue weighted by atomic mass is 16.5. The molecule has 0 amide bonds. The summed E-state index contributed by atoms with van der Waals surface area (Å²) >= 11 is 0. The number of carboxylic acids is 1. The number of phenolic OH excluding ortho intramolecular Hbond substituents is 7. The van der Waals surface area contributed by atoms with Crippen LogP contribution in [0.1, 0.15) is 52.4 Å². The Morgan fingerprint density at radius 2 is 1.49 bits per heavy atom. The van der Waals surface area contributed by atoms with Crippen molar-refractivity contribution in [3.63, 3.8) is 0 Å². The Bertz CT molecular complexity index is 1400. The predicted molar refractivity (Wildman–Crippen MR) is 124 cm³/mol. The normalized spacial score (nSPS) is 16.5. The highest BCUT2D eigenvalue weighted by Gasteiger charge is 2.40. The highest BCUT2D eigenvalue weighted by molar-refractivity contribution is 5.92. The summed E-state index contributed by atoms with van der Waals surface area (Å²) in [5.41, 5.74) is -0.809. The number of rotatable bonds is 5. The van der Waals surface area contributed by atoms with Crippen molar-refractivity contribution in [1.82, 2.24) is 0 Å². The fourth-order valence-electron chi connectivity index (χ4n) is 4.28. The Balaban J connectivity index is 1.96. The van der Waals surface area contributed by atoms with Gasteiger partial charge in [-0.3, -0.25) is 4.79 Å². The fourth-order valence-corrected chi connectivity index (χ4v) is 4.28. The van der Waals surface area contributed by atoms with Crippen molar-refractivity contribution >= 4 is 11.9 Å². The lowest BCUT2D eigenvalue weighted by Gasteiger charge is -2.36. The lowest BCUT2D eigenvalue weighted by Crippen LogP contribution is -2.26. The number of fused-ring (bicyclic) bond motifs is 1. The molecule has 0 fully saturated rings. The van der Waals surface area contributed by atoms with Gasteiger partial charge in [0, 0.05) is 41.2 Å². The number of benzene rings is 3. The van der Waals surface area contributed by atoms with E-state index < -0.39 is 64.0 Å². The van der Waals surface area contributed by atoms with Gasteiger partial charge in [0.2, 0.25) is 5.75 Å². The quantitative estimate of drug-likeness (QED) is 0.140. The van der Waals surface area contributed by atoms with Crippen LogP contribution in [0.2, 0.25) is 0 Å². The summed E-state index contributed by atoms with van der Waals surface area (Å²) in [6, 6.07) is 5.26. The van der Waals surface area contributed by atoms with Gasteiger partial charge < -0.3 is 50.3 Å². The molecule has 3 aromatic carbocycles. The van der Waals surface area contributed by atoms with Gasteiger partial charge in [-0.25, -0.2) is 4.79 Å². The minimum absolute atomic E-state index is 0.00609. The van der Waals surface area contributed by atoms with E-state index in [9.17, 15) is 50.4 Å². The number of carbonyl (C=O) groups excluding carboxylic acids is 1. The van der Waals surface area contributed by atoms with E-state index in [1.54, 1.807) is 6.92 Å². The van der Waals surface area contributed by atoms with Gasteiger partial charge in [-0.05, 0) is 24.6 Å². The molecule has 3 aromatic rings. The van der Waals surface area contributed by atoms with Crippen molar-refractivity contribution < 1.29 is 59.9 Å². The number of esters is 1. The van der Waals surface area contributed by atoms with Crippen LogP contribution in [0, 0.1) is 0 Å². The van der Waals surface area contributed by atoms with E-state index >= 15 is 0 Å². The van der Waals surface area contributed by atoms with Crippen LogP contribution >= 0.6 is 0 Å². The minimum atomic E-state index is -1.56. The molecular formula is C25H22O12. The number of aromatic carboxylic acids is 1. The van der Waals surface area contributed by atoms with Gasteiger partial charge in [0.15, 0.2) is 28.7 Å². The van der Waals surface area contributed by atoms with E-state index in [-0.39, 0.29) is 46.8 Å². The number of carboxylic acid groups (broad SMARTS) is 1. The summed E-state index contributed by atoms with van der Waals surface area (Å²) in [6.07, 6.45) is -1.46. The van der Waals surface area contributed by atoms with Crippen molar-refractivity contribution in [3.05, 3.63) is 52.6 Å². The fraction of sp³-hybridized carbons (Fsp3) is 0.200. The maximum atomic E-state index is 12.0. The molecule has 4 rings (SSSR count). The van der Waals surface area contributed by atoms with E-state index in [0.29, 0.717) is 0 Å². The standard InChI is InChI=1S/C25H22O12/c1-2-19(30)36-10-5-14(26)11-7-12(20-13(25(34)35)8-17(29)22(32)23(20)33)24(37-18(11)6-10)9-3-15(27)21(31)16(28)4-9/h3-6,8,12,24,26-29,31-33H,2,7H2,1H3,(H,34,35)/t12?,24-/m0/s1. The molecule has 0 aliphatic carbocycles. The van der Waals surface area contributed by atoms with Crippen molar-refractivity contribution in [2.24, 2.45) is 0 Å². The Kier molecular flexibility index (Phi) is 6.26. The smallest absolute Gasteiger partial charge is 0.336 e. The second-order valence-electron chi connectivity index (χ2n) is 8.36. The first-order valence-corrected chi connectivity index (χ1v) is 10.9. The molecule has 0 spiro atoms. The van der Waals surface area contributed by atoms with Crippen molar-refractivity contribution in [2.45, 2.75) is 31.8 Å². The summed E-state index contributed by atoms with van der Waals surface area (Å²) < 4.78 is 11.2. The van der Waals surface area contributed by atoms with Crippen LogP contribution in [0.15, 0.2) is 30.3 Å². The van der Waals surface area contributed by atoms with Gasteiger partial charge in [-0.2, -0.15) is 0 Å². The zero-order chi connectivity index (χ0) is 27.2. The van der Waals surface area contributed by atoms with Crippen LogP contribution in [0.4, 0.5) is 0 Å². The summed E-state index contributed by atoms with van der Waals surface area (Å²) in [5.74, 6) is -8.89. The summed E-state index contributed by atoms with van der Waals surface area (Å²) in [4.78, 5) is 23.7. The molecule has 0 saturated carbocycles. The molecule has 12 nitrogen and oxygen atoms in total. The van der Waals surface area contributed by atoms with Gasteiger partial charge in [0.05, 0.1) is 5.56 Å². The molecule has 1 unspecified atom stereocenters. The molecular weight excluding hydrogens is 492 g/mol. The molecule has 1 heterocycles. The third-order valence-electron chi connectivity index (χ3n) is 6.04. The van der Waals surface area contributed by atoms with E-state index in [2.05, 4.69) is 0 Å². The van der Waals surface area contributed by atoms with E-state index in [1.807, 2.05) is 0 Å². The van der Waals surface area contributed by atoms with Gasteiger partial charge in [-0.1, -0.05) is 6.92 Å². The molecule has 12 heteroatoms. The SMILES string of the molecule is CCC(=O)Oc1cc(O)c2c(c1)O[C@@H](c1cc(O)c(O)c(O)c1)C(c1c(C(=O)O)cc(O)c(O)c1O)C2. The molecule has 8 N–H and O–H groups in total. The van der Waals surface area contributed by atoms with Crippen LogP contribution in [-0.4, -0.2) is 52.8 Å². The van der Waals surface area contributed by atoms with Crippen molar-refractivity contribution in [1.29, 1.82) is 0 Å². The summed E-state index contributed by atoms with van der Waals surface area (Å²) in [7, 11) is 0. The zero-order valence-corrected chi connectivity index (χ0v) is 19.2. The average Bonchev–Trinajstić information content (AvgIpc) is 2.84. The minimum Gasteiger partial charge on any atom is -0.507 e. The maximum absolute atomic E-state index is 12.0. The maximum Gasteiger partial charge on any atom is 0.336 e. The summed E-state index contributed by atoms with van der Waals surface area (Å²) in [6.45, 7) is 1.57. The van der Waals surface area contributed by atoms with E-state index in [1.165, 1.54) is 6.07 Å². The molecule has 2 atom stereocenters. The van der Waals surface area contributed by atoms with E-state index in [4.69, 9.17) is 9.47 Å². The number of aromatic hydroxyl groups is 7. The second kappa shape index (κ2) is 9.22. The number of carbonyl (C=O) groups is 2. The van der Waals surface area contributed by atoms with Gasteiger partial charge in [-0.15, -0.1) is 0 Å². The van der Waals surface area contributed by atoms with E-state index in [0.717, 1.165) is 24.3 Å². The monoisotopic (exact) mass is 514 g/mol. The Morgan fingerprint density at radius 1 is 0.865 bits per heavy atom. The first-order valence-electron chi connectivity index (χ1n) is 10.9. The molecule has 0 saturated heterocycles. The third kappa shape index (κ3) is 4.40. The summed E-state index contributed by atoms with van der Waals surface area (Å²) in [5, 5.41) is 81.1. The van der Waals surface area contributed by atoms with Gasteiger partial charge in [0.1, 0.15) is 23.4 Å². The Labute approximate surface area is 208 Å². The van der Waals surface area contributed by atoms with Crippen LogP contribution in [0.3, 0.4) is 0 Å². The number of hydrogen-bond acceptors (Lipinski definition) is 11. The number of phenols is 7. The molecule has 0 aromatic heterocycles. The molecule has 1 aliphatic heterocycles. The second-order valence-corrected chi connectivity index (χ2v) is 8.36.